The maximum absolute atomic E-state index is 13.2. The largest absolute Gasteiger partial charge is 0.478 e. The molecule has 0 fully saturated rings. The number of hydrogen-bond acceptors (Lipinski definition) is 6. The van der Waals surface area contributed by atoms with Crippen LogP contribution >= 0.6 is 11.3 Å². The van der Waals surface area contributed by atoms with Gasteiger partial charge in [-0.25, -0.2) is 18.2 Å². The van der Waals surface area contributed by atoms with Crippen molar-refractivity contribution in [1.29, 1.82) is 0 Å². The number of nitrogens with zero attached hydrogens (tertiary/aromatic N) is 3. The van der Waals surface area contributed by atoms with Crippen molar-refractivity contribution in [3.63, 3.8) is 0 Å². The number of anilines is 1. The lowest BCUT2D eigenvalue weighted by Gasteiger charge is -2.18. The molecule has 2 aromatic carbocycles. The van der Waals surface area contributed by atoms with Crippen molar-refractivity contribution in [2.75, 3.05) is 11.4 Å². The van der Waals surface area contributed by atoms with Gasteiger partial charge in [0.05, 0.1) is 11.3 Å². The van der Waals surface area contributed by atoms with Crippen molar-refractivity contribution in [2.24, 2.45) is 0 Å². The molecule has 2 N–H and O–H groups in total. The molecule has 8 nitrogen and oxygen atoms in total. The summed E-state index contributed by atoms with van der Waals surface area (Å²) in [5.74, 6) is -0.995. The number of aromatic carboxylic acids is 1. The lowest BCUT2D eigenvalue weighted by atomic mass is 9.93. The molecule has 188 valence electrons. The lowest BCUT2D eigenvalue weighted by Crippen LogP contribution is -2.25. The summed E-state index contributed by atoms with van der Waals surface area (Å²) < 4.78 is 28.0. The average Bonchev–Trinajstić information content (AvgIpc) is 3.61. The van der Waals surface area contributed by atoms with E-state index in [4.69, 9.17) is 0 Å². The van der Waals surface area contributed by atoms with Crippen molar-refractivity contribution in [3.05, 3.63) is 96.3 Å². The van der Waals surface area contributed by atoms with E-state index in [1.807, 2.05) is 24.3 Å². The summed E-state index contributed by atoms with van der Waals surface area (Å²) in [6.45, 7) is 0. The third-order valence-electron chi connectivity index (χ3n) is 6.49. The first-order valence-corrected chi connectivity index (χ1v) is 13.9. The monoisotopic (exact) mass is 540 g/mol. The lowest BCUT2D eigenvalue weighted by molar-refractivity contribution is 0.0697. The van der Waals surface area contributed by atoms with Crippen molar-refractivity contribution < 1.29 is 18.3 Å². The SMILES string of the molecule is CN(c1ccc2[nH]c3ncc(-c4ccc(C(=O)O)cc4)c(-c4ccncc4)c3c2c1)S(=O)(=O)c1cccs1. The van der Waals surface area contributed by atoms with Gasteiger partial charge < -0.3 is 10.1 Å². The smallest absolute Gasteiger partial charge is 0.335 e. The minimum atomic E-state index is -3.71. The van der Waals surface area contributed by atoms with Gasteiger partial charge in [-0.15, -0.1) is 11.3 Å². The van der Waals surface area contributed by atoms with Crippen LogP contribution in [-0.2, 0) is 10.0 Å². The number of aromatic nitrogens is 3. The number of rotatable bonds is 6. The number of carboxylic acids is 1. The molecule has 0 aliphatic rings. The molecule has 4 heterocycles. The van der Waals surface area contributed by atoms with Crippen molar-refractivity contribution in [1.82, 2.24) is 15.0 Å². The van der Waals surface area contributed by atoms with Crippen LogP contribution in [0.1, 0.15) is 10.4 Å². The third-order valence-corrected chi connectivity index (χ3v) is 9.65. The number of sulfonamides is 1. The van der Waals surface area contributed by atoms with E-state index in [1.165, 1.54) is 15.6 Å². The Morgan fingerprint density at radius 2 is 1.76 bits per heavy atom. The van der Waals surface area contributed by atoms with Crippen LogP contribution in [-0.4, -0.2) is 41.5 Å². The molecule has 0 bridgehead atoms. The molecule has 0 atom stereocenters. The molecule has 0 saturated heterocycles. The van der Waals surface area contributed by atoms with Crippen LogP contribution in [0.2, 0.25) is 0 Å². The maximum Gasteiger partial charge on any atom is 0.335 e. The second-order valence-electron chi connectivity index (χ2n) is 8.65. The Morgan fingerprint density at radius 3 is 2.45 bits per heavy atom. The third kappa shape index (κ3) is 3.90. The van der Waals surface area contributed by atoms with Gasteiger partial charge in [-0.3, -0.25) is 9.29 Å². The number of benzene rings is 2. The zero-order valence-electron chi connectivity index (χ0n) is 20.0. The number of H-pyrrole nitrogens is 1. The second kappa shape index (κ2) is 9.09. The number of carboxylic acid groups (broad SMARTS) is 1. The highest BCUT2D eigenvalue weighted by molar-refractivity contribution is 7.94. The van der Waals surface area contributed by atoms with Gasteiger partial charge in [0.15, 0.2) is 0 Å². The summed E-state index contributed by atoms with van der Waals surface area (Å²) in [5.41, 5.74) is 5.57. The molecular formula is C28H20N4O4S2. The Balaban J connectivity index is 1.61. The van der Waals surface area contributed by atoms with E-state index < -0.39 is 16.0 Å². The number of nitrogens with one attached hydrogen (secondary N) is 1. The number of fused-ring (bicyclic) bond motifs is 3. The predicted molar refractivity (Wildman–Crippen MR) is 149 cm³/mol. The Morgan fingerprint density at radius 1 is 1.00 bits per heavy atom. The molecular weight excluding hydrogens is 520 g/mol. The summed E-state index contributed by atoms with van der Waals surface area (Å²) >= 11 is 1.17. The molecule has 4 aromatic heterocycles. The van der Waals surface area contributed by atoms with Crippen LogP contribution < -0.4 is 4.31 Å². The first-order valence-electron chi connectivity index (χ1n) is 11.6. The molecule has 6 rings (SSSR count). The molecule has 6 aromatic rings. The molecule has 0 saturated carbocycles. The van der Waals surface area contributed by atoms with Gasteiger partial charge in [0.2, 0.25) is 0 Å². The Hall–Kier alpha value is -4.54. The van der Waals surface area contributed by atoms with E-state index in [-0.39, 0.29) is 9.77 Å². The predicted octanol–water partition coefficient (Wildman–Crippen LogP) is 6.03. The van der Waals surface area contributed by atoms with Crippen LogP contribution in [0.5, 0.6) is 0 Å². The second-order valence-corrected chi connectivity index (χ2v) is 11.8. The number of pyridine rings is 2. The molecule has 0 aliphatic heterocycles. The first-order chi connectivity index (χ1) is 18.3. The summed E-state index contributed by atoms with van der Waals surface area (Å²) in [4.78, 5) is 23.6. The molecule has 38 heavy (non-hydrogen) atoms. The molecule has 10 heteroatoms. The van der Waals surface area contributed by atoms with Crippen molar-refractivity contribution in [2.45, 2.75) is 4.21 Å². The molecule has 0 aliphatic carbocycles. The first kappa shape index (κ1) is 23.8. The van der Waals surface area contributed by atoms with Gasteiger partial charge in [-0.1, -0.05) is 18.2 Å². The minimum Gasteiger partial charge on any atom is -0.478 e. The van der Waals surface area contributed by atoms with E-state index in [1.54, 1.807) is 73.5 Å². The molecule has 0 radical (unpaired) electrons. The van der Waals surface area contributed by atoms with Gasteiger partial charge >= 0.3 is 5.97 Å². The Kier molecular flexibility index (Phi) is 5.70. The summed E-state index contributed by atoms with van der Waals surface area (Å²) in [6, 6.07) is 19.2. The topological polar surface area (TPSA) is 116 Å². The van der Waals surface area contributed by atoms with Crippen LogP contribution in [0.4, 0.5) is 5.69 Å². The summed E-state index contributed by atoms with van der Waals surface area (Å²) in [5, 5.41) is 12.7. The number of carbonyl (C=O) groups is 1. The van der Waals surface area contributed by atoms with Crippen molar-refractivity contribution >= 4 is 55.0 Å². The Bertz CT molecular complexity index is 1920. The standard InChI is InChI=1S/C28H20N4O4S2/c1-32(38(35,36)24-3-2-14-37-24)20-8-9-23-21(15-20)26-25(18-10-12-29-13-11-18)22(16-30-27(26)31-23)17-4-6-19(7-5-17)28(33)34/h2-16H,1H3,(H,30,31)(H,33,34). The van der Waals surface area contributed by atoms with E-state index in [2.05, 4.69) is 15.0 Å². The Labute approximate surface area is 221 Å². The highest BCUT2D eigenvalue weighted by Crippen LogP contribution is 2.41. The van der Waals surface area contributed by atoms with Crippen LogP contribution in [0.25, 0.3) is 44.2 Å². The molecule has 0 amide bonds. The van der Waals surface area contributed by atoms with E-state index in [9.17, 15) is 18.3 Å². The summed E-state index contributed by atoms with van der Waals surface area (Å²) in [7, 11) is -2.16. The van der Waals surface area contributed by atoms with Gasteiger partial charge in [0.1, 0.15) is 9.86 Å². The number of aromatic amines is 1. The fraction of sp³-hybridized carbons (Fsp3) is 0.0357. The van der Waals surface area contributed by atoms with Gasteiger partial charge in [0, 0.05) is 53.1 Å². The van der Waals surface area contributed by atoms with Gasteiger partial charge in [-0.2, -0.15) is 0 Å². The van der Waals surface area contributed by atoms with Crippen LogP contribution in [0, 0.1) is 0 Å². The highest BCUT2D eigenvalue weighted by atomic mass is 32.2. The fourth-order valence-electron chi connectivity index (χ4n) is 4.55. The van der Waals surface area contributed by atoms with Gasteiger partial charge in [-0.05, 0) is 65.0 Å². The van der Waals surface area contributed by atoms with Crippen LogP contribution in [0.3, 0.4) is 0 Å². The number of hydrogen-bond donors (Lipinski definition) is 2. The molecule has 0 spiro atoms. The highest BCUT2D eigenvalue weighted by Gasteiger charge is 2.24. The zero-order chi connectivity index (χ0) is 26.4. The summed E-state index contributed by atoms with van der Waals surface area (Å²) in [6.07, 6.45) is 5.18. The van der Waals surface area contributed by atoms with Crippen molar-refractivity contribution in [3.8, 4) is 22.3 Å². The van der Waals surface area contributed by atoms with E-state index in [0.29, 0.717) is 11.3 Å². The number of thiophene rings is 1. The molecule has 0 unspecified atom stereocenters. The normalized spacial score (nSPS) is 11.7. The fourth-order valence-corrected chi connectivity index (χ4v) is 6.90. The van der Waals surface area contributed by atoms with E-state index in [0.717, 1.165) is 38.5 Å². The minimum absolute atomic E-state index is 0.194. The van der Waals surface area contributed by atoms with Gasteiger partial charge in [0.25, 0.3) is 10.0 Å². The average molecular weight is 541 g/mol. The van der Waals surface area contributed by atoms with E-state index >= 15 is 0 Å². The quantitative estimate of drug-likeness (QED) is 0.266. The van der Waals surface area contributed by atoms with Crippen LogP contribution in [0.15, 0.2) is 94.9 Å². The zero-order valence-corrected chi connectivity index (χ0v) is 21.6. The maximum atomic E-state index is 13.2.